The SMILES string of the molecule is O=C(O)CCCCc1ccc(CCc2ccccc2)s1. The third-order valence-corrected chi connectivity index (χ3v) is 4.49. The molecule has 2 aromatic rings. The number of carboxylic acids is 1. The monoisotopic (exact) mass is 288 g/mol. The number of thiophene rings is 1. The molecule has 0 fully saturated rings. The number of unbranched alkanes of at least 4 members (excludes halogenated alkanes) is 1. The topological polar surface area (TPSA) is 37.3 Å². The Morgan fingerprint density at radius 2 is 1.60 bits per heavy atom. The number of benzene rings is 1. The van der Waals surface area contributed by atoms with Crippen molar-refractivity contribution < 1.29 is 9.90 Å². The Hall–Kier alpha value is -1.61. The van der Waals surface area contributed by atoms with Gasteiger partial charge in [0.25, 0.3) is 0 Å². The summed E-state index contributed by atoms with van der Waals surface area (Å²) in [5.41, 5.74) is 1.38. The van der Waals surface area contributed by atoms with E-state index in [1.165, 1.54) is 15.3 Å². The van der Waals surface area contributed by atoms with Gasteiger partial charge in [-0.25, -0.2) is 0 Å². The molecule has 0 amide bonds. The van der Waals surface area contributed by atoms with E-state index in [9.17, 15) is 4.79 Å². The average Bonchev–Trinajstić information content (AvgIpc) is 2.90. The number of hydrogen-bond acceptors (Lipinski definition) is 2. The third-order valence-electron chi connectivity index (χ3n) is 3.28. The zero-order valence-corrected chi connectivity index (χ0v) is 12.4. The Bertz CT molecular complexity index is 531. The Kier molecular flexibility index (Phi) is 5.81. The Labute approximate surface area is 124 Å². The lowest BCUT2D eigenvalue weighted by molar-refractivity contribution is -0.137. The van der Waals surface area contributed by atoms with Crippen molar-refractivity contribution in [3.05, 3.63) is 57.8 Å². The highest BCUT2D eigenvalue weighted by atomic mass is 32.1. The summed E-state index contributed by atoms with van der Waals surface area (Å²) in [6.45, 7) is 0. The molecule has 0 saturated carbocycles. The standard InChI is InChI=1S/C17H20O2S/c18-17(19)9-5-4-8-15-12-13-16(20-15)11-10-14-6-2-1-3-7-14/h1-3,6-7,12-13H,4-5,8-11H2,(H,18,19). The minimum Gasteiger partial charge on any atom is -0.481 e. The summed E-state index contributed by atoms with van der Waals surface area (Å²) in [5, 5.41) is 8.60. The number of rotatable bonds is 8. The van der Waals surface area contributed by atoms with E-state index in [0.29, 0.717) is 0 Å². The minimum absolute atomic E-state index is 0.284. The second-order valence-corrected chi connectivity index (χ2v) is 6.21. The molecule has 3 heteroatoms. The molecule has 20 heavy (non-hydrogen) atoms. The number of carboxylic acid groups (broad SMARTS) is 1. The van der Waals surface area contributed by atoms with Crippen LogP contribution in [-0.2, 0) is 24.1 Å². The van der Waals surface area contributed by atoms with Crippen molar-refractivity contribution in [3.8, 4) is 0 Å². The molecule has 1 N–H and O–H groups in total. The quantitative estimate of drug-likeness (QED) is 0.734. The molecule has 0 radical (unpaired) electrons. The number of hydrogen-bond donors (Lipinski definition) is 1. The van der Waals surface area contributed by atoms with E-state index >= 15 is 0 Å². The average molecular weight is 288 g/mol. The zero-order chi connectivity index (χ0) is 14.2. The van der Waals surface area contributed by atoms with Crippen LogP contribution in [0.25, 0.3) is 0 Å². The van der Waals surface area contributed by atoms with Crippen molar-refractivity contribution in [1.29, 1.82) is 0 Å². The maximum atomic E-state index is 10.4. The molecule has 1 heterocycles. The predicted molar refractivity (Wildman–Crippen MR) is 83.4 cm³/mol. The molecule has 0 aliphatic heterocycles. The maximum absolute atomic E-state index is 10.4. The van der Waals surface area contributed by atoms with E-state index in [-0.39, 0.29) is 6.42 Å². The highest BCUT2D eigenvalue weighted by Gasteiger charge is 2.02. The van der Waals surface area contributed by atoms with Crippen LogP contribution in [0.15, 0.2) is 42.5 Å². The number of carbonyl (C=O) groups is 1. The van der Waals surface area contributed by atoms with Gasteiger partial charge in [0, 0.05) is 16.2 Å². The molecular weight excluding hydrogens is 268 g/mol. The second-order valence-electron chi connectivity index (χ2n) is 4.95. The van der Waals surface area contributed by atoms with Gasteiger partial charge in [-0.1, -0.05) is 30.3 Å². The van der Waals surface area contributed by atoms with E-state index < -0.39 is 5.97 Å². The lowest BCUT2D eigenvalue weighted by atomic mass is 10.1. The van der Waals surface area contributed by atoms with Crippen LogP contribution < -0.4 is 0 Å². The van der Waals surface area contributed by atoms with Gasteiger partial charge in [-0.15, -0.1) is 11.3 Å². The summed E-state index contributed by atoms with van der Waals surface area (Å²) in [6.07, 6.45) is 5.19. The van der Waals surface area contributed by atoms with Gasteiger partial charge < -0.3 is 5.11 Å². The van der Waals surface area contributed by atoms with Crippen LogP contribution in [0.3, 0.4) is 0 Å². The molecule has 2 rings (SSSR count). The van der Waals surface area contributed by atoms with Crippen LogP contribution in [0.4, 0.5) is 0 Å². The Morgan fingerprint density at radius 1 is 0.900 bits per heavy atom. The van der Waals surface area contributed by atoms with Crippen LogP contribution in [-0.4, -0.2) is 11.1 Å². The van der Waals surface area contributed by atoms with Crippen LogP contribution in [0, 0.1) is 0 Å². The summed E-state index contributed by atoms with van der Waals surface area (Å²) >= 11 is 1.86. The molecule has 0 aliphatic carbocycles. The van der Waals surface area contributed by atoms with Crippen molar-refractivity contribution >= 4 is 17.3 Å². The van der Waals surface area contributed by atoms with Gasteiger partial charge in [0.15, 0.2) is 0 Å². The molecule has 0 atom stereocenters. The summed E-state index contributed by atoms with van der Waals surface area (Å²) in [6, 6.07) is 14.9. The minimum atomic E-state index is -0.695. The molecule has 1 aromatic carbocycles. The van der Waals surface area contributed by atoms with Crippen LogP contribution >= 0.6 is 11.3 Å². The van der Waals surface area contributed by atoms with Gasteiger partial charge in [-0.2, -0.15) is 0 Å². The molecule has 106 valence electrons. The molecular formula is C17H20O2S. The van der Waals surface area contributed by atoms with E-state index in [0.717, 1.165) is 32.1 Å². The number of aryl methyl sites for hydroxylation is 3. The van der Waals surface area contributed by atoms with Gasteiger partial charge in [-0.3, -0.25) is 4.79 Å². The van der Waals surface area contributed by atoms with Gasteiger partial charge in [0.2, 0.25) is 0 Å². The third kappa shape index (κ3) is 5.17. The second kappa shape index (κ2) is 7.85. The Morgan fingerprint density at radius 3 is 2.30 bits per heavy atom. The van der Waals surface area contributed by atoms with Gasteiger partial charge in [0.05, 0.1) is 0 Å². The normalized spacial score (nSPS) is 10.6. The van der Waals surface area contributed by atoms with Gasteiger partial charge in [0.1, 0.15) is 0 Å². The maximum Gasteiger partial charge on any atom is 0.303 e. The molecule has 1 aromatic heterocycles. The lowest BCUT2D eigenvalue weighted by Gasteiger charge is -1.99. The summed E-state index contributed by atoms with van der Waals surface area (Å²) in [7, 11) is 0. The van der Waals surface area contributed by atoms with Crippen molar-refractivity contribution in [3.63, 3.8) is 0 Å². The van der Waals surface area contributed by atoms with Gasteiger partial charge in [-0.05, 0) is 49.8 Å². The molecule has 0 aliphatic rings. The van der Waals surface area contributed by atoms with Crippen molar-refractivity contribution in [2.75, 3.05) is 0 Å². The first-order valence-electron chi connectivity index (χ1n) is 7.07. The van der Waals surface area contributed by atoms with Crippen LogP contribution in [0.2, 0.25) is 0 Å². The predicted octanol–water partition coefficient (Wildman–Crippen LogP) is 4.33. The van der Waals surface area contributed by atoms with E-state index in [4.69, 9.17) is 5.11 Å². The molecule has 0 bridgehead atoms. The highest BCUT2D eigenvalue weighted by Crippen LogP contribution is 2.20. The zero-order valence-electron chi connectivity index (χ0n) is 11.5. The van der Waals surface area contributed by atoms with E-state index in [1.54, 1.807) is 0 Å². The first-order valence-corrected chi connectivity index (χ1v) is 7.89. The smallest absolute Gasteiger partial charge is 0.303 e. The molecule has 2 nitrogen and oxygen atoms in total. The Balaban J connectivity index is 1.73. The number of aliphatic carboxylic acids is 1. The fraction of sp³-hybridized carbons (Fsp3) is 0.353. The van der Waals surface area contributed by atoms with E-state index in [2.05, 4.69) is 36.4 Å². The lowest BCUT2D eigenvalue weighted by Crippen LogP contribution is -1.94. The first kappa shape index (κ1) is 14.8. The fourth-order valence-corrected chi connectivity index (χ4v) is 3.24. The van der Waals surface area contributed by atoms with Gasteiger partial charge >= 0.3 is 5.97 Å². The van der Waals surface area contributed by atoms with Crippen molar-refractivity contribution in [2.24, 2.45) is 0 Å². The van der Waals surface area contributed by atoms with E-state index in [1.807, 2.05) is 17.4 Å². The fourth-order valence-electron chi connectivity index (χ4n) is 2.18. The summed E-state index contributed by atoms with van der Waals surface area (Å²) in [5.74, 6) is -0.695. The highest BCUT2D eigenvalue weighted by molar-refractivity contribution is 7.11. The molecule has 0 unspecified atom stereocenters. The summed E-state index contributed by atoms with van der Waals surface area (Å²) in [4.78, 5) is 13.2. The van der Waals surface area contributed by atoms with Crippen molar-refractivity contribution in [2.45, 2.75) is 38.5 Å². The van der Waals surface area contributed by atoms with Crippen LogP contribution in [0.5, 0.6) is 0 Å². The van der Waals surface area contributed by atoms with Crippen molar-refractivity contribution in [1.82, 2.24) is 0 Å². The molecule has 0 spiro atoms. The first-order chi connectivity index (χ1) is 9.74. The van der Waals surface area contributed by atoms with Crippen LogP contribution in [0.1, 0.15) is 34.6 Å². The largest absolute Gasteiger partial charge is 0.481 e. The molecule has 0 saturated heterocycles. The summed E-state index contributed by atoms with van der Waals surface area (Å²) < 4.78 is 0.